The Bertz CT molecular complexity index is 1100. The van der Waals surface area contributed by atoms with Crippen LogP contribution in [0.3, 0.4) is 0 Å². The number of fused-ring (bicyclic) bond motifs is 1. The number of hydrogen-bond donors (Lipinski definition) is 0. The summed E-state index contributed by atoms with van der Waals surface area (Å²) in [6.45, 7) is 0.143. The van der Waals surface area contributed by atoms with Gasteiger partial charge in [-0.25, -0.2) is 4.79 Å². The van der Waals surface area contributed by atoms with E-state index in [9.17, 15) is 9.59 Å². The molecule has 0 amide bonds. The van der Waals surface area contributed by atoms with E-state index in [0.717, 1.165) is 5.56 Å². The number of ether oxygens (including phenoxy) is 4. The summed E-state index contributed by atoms with van der Waals surface area (Å²) in [6.07, 6.45) is 3.20. The minimum atomic E-state index is -0.494. The fourth-order valence-corrected chi connectivity index (χ4v) is 2.86. The lowest BCUT2D eigenvalue weighted by atomic mass is 10.1. The Kier molecular flexibility index (Phi) is 5.48. The average molecular weight is 402 g/mol. The molecule has 0 radical (unpaired) electrons. The maximum Gasteiger partial charge on any atom is 0.343 e. The van der Waals surface area contributed by atoms with Gasteiger partial charge in [-0.15, -0.1) is 0 Å². The van der Waals surface area contributed by atoms with E-state index in [4.69, 9.17) is 18.9 Å². The van der Waals surface area contributed by atoms with Crippen LogP contribution in [0.15, 0.2) is 72.8 Å². The van der Waals surface area contributed by atoms with E-state index in [-0.39, 0.29) is 12.6 Å². The van der Waals surface area contributed by atoms with Crippen LogP contribution < -0.4 is 18.9 Å². The zero-order valence-corrected chi connectivity index (χ0v) is 16.2. The predicted octanol–water partition coefficient (Wildman–Crippen LogP) is 4.54. The summed E-state index contributed by atoms with van der Waals surface area (Å²) in [5, 5.41) is 0. The molecule has 0 saturated heterocycles. The molecule has 0 unspecified atom stereocenters. The molecule has 0 fully saturated rings. The molecular weight excluding hydrogens is 384 g/mol. The molecule has 1 aliphatic heterocycles. The maximum absolute atomic E-state index is 12.3. The Hall–Kier alpha value is -4.06. The molecule has 0 bridgehead atoms. The summed E-state index contributed by atoms with van der Waals surface area (Å²) in [5.74, 6) is 1.61. The summed E-state index contributed by atoms with van der Waals surface area (Å²) in [5.41, 5.74) is 1.74. The van der Waals surface area contributed by atoms with Gasteiger partial charge >= 0.3 is 5.97 Å². The third kappa shape index (κ3) is 4.33. The number of carbonyl (C=O) groups excluding carboxylic acids is 2. The summed E-state index contributed by atoms with van der Waals surface area (Å²) >= 11 is 0. The van der Waals surface area contributed by atoms with Crippen LogP contribution in [-0.2, 0) is 0 Å². The molecule has 1 aliphatic rings. The largest absolute Gasteiger partial charge is 0.497 e. The molecule has 0 aliphatic carbocycles. The molecule has 150 valence electrons. The van der Waals surface area contributed by atoms with Gasteiger partial charge in [0, 0.05) is 5.56 Å². The van der Waals surface area contributed by atoms with Gasteiger partial charge in [0.2, 0.25) is 6.79 Å². The normalized spacial score (nSPS) is 12.0. The van der Waals surface area contributed by atoms with E-state index in [2.05, 4.69) is 0 Å². The molecular formula is C24H18O6. The Morgan fingerprint density at radius 1 is 0.833 bits per heavy atom. The van der Waals surface area contributed by atoms with Gasteiger partial charge in [-0.3, -0.25) is 4.79 Å². The highest BCUT2D eigenvalue weighted by molar-refractivity contribution is 6.06. The topological polar surface area (TPSA) is 71.1 Å². The first-order valence-electron chi connectivity index (χ1n) is 9.21. The Morgan fingerprint density at radius 3 is 2.23 bits per heavy atom. The summed E-state index contributed by atoms with van der Waals surface area (Å²) in [4.78, 5) is 24.6. The highest BCUT2D eigenvalue weighted by Crippen LogP contribution is 2.32. The lowest BCUT2D eigenvalue weighted by Crippen LogP contribution is -2.08. The van der Waals surface area contributed by atoms with Crippen LogP contribution in [0.2, 0.25) is 0 Å². The van der Waals surface area contributed by atoms with Crippen molar-refractivity contribution in [2.24, 2.45) is 0 Å². The van der Waals surface area contributed by atoms with Crippen LogP contribution in [0, 0.1) is 0 Å². The highest BCUT2D eigenvalue weighted by atomic mass is 16.7. The third-order valence-electron chi connectivity index (χ3n) is 4.50. The standard InChI is InChI=1S/C24H18O6/c1-27-19-10-5-17(6-11-19)21(25)12-4-16-2-8-20(9-3-16)30-24(26)18-7-13-22-23(14-18)29-15-28-22/h2-14H,15H2,1H3/b12-4+. The Labute approximate surface area is 173 Å². The van der Waals surface area contributed by atoms with Crippen LogP contribution in [0.5, 0.6) is 23.0 Å². The smallest absolute Gasteiger partial charge is 0.343 e. The van der Waals surface area contributed by atoms with Crippen molar-refractivity contribution in [1.29, 1.82) is 0 Å². The third-order valence-corrected chi connectivity index (χ3v) is 4.50. The van der Waals surface area contributed by atoms with Gasteiger partial charge < -0.3 is 18.9 Å². The van der Waals surface area contributed by atoms with Crippen molar-refractivity contribution in [1.82, 2.24) is 0 Å². The second kappa shape index (κ2) is 8.53. The van der Waals surface area contributed by atoms with Crippen LogP contribution in [0.25, 0.3) is 6.08 Å². The van der Waals surface area contributed by atoms with Gasteiger partial charge in [0.1, 0.15) is 11.5 Å². The fourth-order valence-electron chi connectivity index (χ4n) is 2.86. The monoisotopic (exact) mass is 402 g/mol. The molecule has 6 heteroatoms. The molecule has 4 rings (SSSR count). The zero-order valence-electron chi connectivity index (χ0n) is 16.2. The molecule has 1 heterocycles. The van der Waals surface area contributed by atoms with Crippen LogP contribution in [-0.4, -0.2) is 25.7 Å². The van der Waals surface area contributed by atoms with E-state index in [1.165, 1.54) is 6.08 Å². The quantitative estimate of drug-likeness (QED) is 0.261. The first kappa shape index (κ1) is 19.3. The summed E-state index contributed by atoms with van der Waals surface area (Å²) in [6, 6.07) is 18.7. The van der Waals surface area contributed by atoms with Crippen molar-refractivity contribution in [3.8, 4) is 23.0 Å². The molecule has 0 aromatic heterocycles. The zero-order chi connectivity index (χ0) is 20.9. The van der Waals surface area contributed by atoms with E-state index in [0.29, 0.717) is 34.1 Å². The second-order valence-electron chi connectivity index (χ2n) is 6.45. The van der Waals surface area contributed by atoms with Crippen molar-refractivity contribution in [3.63, 3.8) is 0 Å². The van der Waals surface area contributed by atoms with E-state index >= 15 is 0 Å². The van der Waals surface area contributed by atoms with Crippen LogP contribution >= 0.6 is 0 Å². The van der Waals surface area contributed by atoms with Crippen LogP contribution in [0.1, 0.15) is 26.3 Å². The van der Waals surface area contributed by atoms with Gasteiger partial charge in [-0.05, 0) is 66.2 Å². The van der Waals surface area contributed by atoms with Gasteiger partial charge in [-0.2, -0.15) is 0 Å². The fraction of sp³-hybridized carbons (Fsp3) is 0.0833. The first-order chi connectivity index (χ1) is 14.6. The molecule has 3 aromatic carbocycles. The van der Waals surface area contributed by atoms with Gasteiger partial charge in [0.25, 0.3) is 0 Å². The van der Waals surface area contributed by atoms with Gasteiger partial charge in [0.15, 0.2) is 17.3 Å². The van der Waals surface area contributed by atoms with E-state index in [1.807, 2.05) is 0 Å². The Balaban J connectivity index is 1.38. The minimum absolute atomic E-state index is 0.115. The number of ketones is 1. The number of rotatable bonds is 6. The van der Waals surface area contributed by atoms with Crippen molar-refractivity contribution in [2.45, 2.75) is 0 Å². The van der Waals surface area contributed by atoms with Crippen LogP contribution in [0.4, 0.5) is 0 Å². The summed E-state index contributed by atoms with van der Waals surface area (Å²) < 4.78 is 21.0. The number of methoxy groups -OCH3 is 1. The molecule has 0 atom stereocenters. The van der Waals surface area contributed by atoms with E-state index < -0.39 is 5.97 Å². The highest BCUT2D eigenvalue weighted by Gasteiger charge is 2.17. The molecule has 0 saturated carbocycles. The van der Waals surface area contributed by atoms with Gasteiger partial charge in [-0.1, -0.05) is 18.2 Å². The number of carbonyl (C=O) groups is 2. The summed E-state index contributed by atoms with van der Waals surface area (Å²) in [7, 11) is 1.58. The van der Waals surface area contributed by atoms with Gasteiger partial charge in [0.05, 0.1) is 12.7 Å². The number of esters is 1. The van der Waals surface area contributed by atoms with Crippen molar-refractivity contribution >= 4 is 17.8 Å². The molecule has 6 nitrogen and oxygen atoms in total. The first-order valence-corrected chi connectivity index (χ1v) is 9.21. The van der Waals surface area contributed by atoms with Crippen molar-refractivity contribution in [3.05, 3.63) is 89.5 Å². The SMILES string of the molecule is COc1ccc(C(=O)/C=C/c2ccc(OC(=O)c3ccc4c(c3)OCO4)cc2)cc1. The number of allylic oxidation sites excluding steroid dienone is 1. The average Bonchev–Trinajstić information content (AvgIpc) is 3.26. The van der Waals surface area contributed by atoms with E-state index in [1.54, 1.807) is 79.9 Å². The van der Waals surface area contributed by atoms with Crippen molar-refractivity contribution < 1.29 is 28.5 Å². The second-order valence-corrected chi connectivity index (χ2v) is 6.45. The lowest BCUT2D eigenvalue weighted by Gasteiger charge is -2.05. The molecule has 3 aromatic rings. The number of benzene rings is 3. The number of hydrogen-bond acceptors (Lipinski definition) is 6. The van der Waals surface area contributed by atoms with Crippen molar-refractivity contribution in [2.75, 3.05) is 13.9 Å². The lowest BCUT2D eigenvalue weighted by molar-refractivity contribution is 0.0734. The molecule has 30 heavy (non-hydrogen) atoms. The minimum Gasteiger partial charge on any atom is -0.497 e. The predicted molar refractivity (Wildman–Crippen MR) is 110 cm³/mol. The Morgan fingerprint density at radius 2 is 1.50 bits per heavy atom. The maximum atomic E-state index is 12.3. The molecule has 0 N–H and O–H groups in total. The molecule has 0 spiro atoms.